The van der Waals surface area contributed by atoms with Crippen molar-refractivity contribution in [2.75, 3.05) is 32.1 Å². The first-order valence-electron chi connectivity index (χ1n) is 10.1. The molecule has 0 radical (unpaired) electrons. The van der Waals surface area contributed by atoms with Crippen molar-refractivity contribution in [2.45, 2.75) is 32.2 Å². The lowest BCUT2D eigenvalue weighted by Gasteiger charge is -2.28. The van der Waals surface area contributed by atoms with Gasteiger partial charge in [-0.1, -0.05) is 24.3 Å². The minimum absolute atomic E-state index is 0.00464. The van der Waals surface area contributed by atoms with Gasteiger partial charge in [0.2, 0.25) is 11.8 Å². The van der Waals surface area contributed by atoms with Gasteiger partial charge in [0.15, 0.2) is 0 Å². The minimum atomic E-state index is -0.109. The van der Waals surface area contributed by atoms with E-state index in [1.54, 1.807) is 7.11 Å². The summed E-state index contributed by atoms with van der Waals surface area (Å²) in [6, 6.07) is 15.6. The molecule has 0 aromatic heterocycles. The number of ether oxygens (including phenoxy) is 1. The Morgan fingerprint density at radius 1 is 1.03 bits per heavy atom. The topological polar surface area (TPSA) is 70.7 Å². The third-order valence-corrected chi connectivity index (χ3v) is 5.21. The van der Waals surface area contributed by atoms with Gasteiger partial charge in [0.25, 0.3) is 0 Å². The van der Waals surface area contributed by atoms with E-state index in [9.17, 15) is 9.59 Å². The summed E-state index contributed by atoms with van der Waals surface area (Å²) in [6.07, 6.45) is 2.71. The molecule has 6 nitrogen and oxygen atoms in total. The predicted molar refractivity (Wildman–Crippen MR) is 114 cm³/mol. The van der Waals surface area contributed by atoms with Crippen molar-refractivity contribution in [3.63, 3.8) is 0 Å². The molecule has 0 unspecified atom stereocenters. The fraction of sp³-hybridized carbons (Fsp3) is 0.391. The van der Waals surface area contributed by atoms with E-state index >= 15 is 0 Å². The van der Waals surface area contributed by atoms with Gasteiger partial charge in [0.05, 0.1) is 19.6 Å². The Morgan fingerprint density at radius 3 is 2.28 bits per heavy atom. The lowest BCUT2D eigenvalue weighted by molar-refractivity contribution is -0.120. The third-order valence-electron chi connectivity index (χ3n) is 5.21. The van der Waals surface area contributed by atoms with Crippen LogP contribution in [0.5, 0.6) is 5.75 Å². The molecule has 1 aliphatic rings. The van der Waals surface area contributed by atoms with Gasteiger partial charge in [-0.25, -0.2) is 0 Å². The molecule has 0 aliphatic carbocycles. The lowest BCUT2D eigenvalue weighted by atomic mass is 10.0. The van der Waals surface area contributed by atoms with Crippen LogP contribution >= 0.6 is 0 Å². The molecule has 0 saturated carbocycles. The number of carbonyl (C=O) groups excluding carboxylic acids is 2. The summed E-state index contributed by atoms with van der Waals surface area (Å²) in [4.78, 5) is 26.0. The van der Waals surface area contributed by atoms with Gasteiger partial charge in [-0.3, -0.25) is 14.5 Å². The summed E-state index contributed by atoms with van der Waals surface area (Å²) >= 11 is 0. The maximum absolute atomic E-state index is 12.5. The first kappa shape index (κ1) is 20.9. The Bertz CT molecular complexity index is 812. The number of hydrogen-bond acceptors (Lipinski definition) is 4. The number of nitrogens with one attached hydrogen (secondary N) is 2. The Morgan fingerprint density at radius 2 is 1.69 bits per heavy atom. The molecule has 1 fully saturated rings. The molecule has 6 heteroatoms. The minimum Gasteiger partial charge on any atom is -0.497 e. The van der Waals surface area contributed by atoms with E-state index in [1.807, 2.05) is 36.4 Å². The van der Waals surface area contributed by atoms with Gasteiger partial charge in [-0.15, -0.1) is 0 Å². The first-order chi connectivity index (χ1) is 14.0. The molecular formula is C23H29N3O3. The second kappa shape index (κ2) is 10.1. The van der Waals surface area contributed by atoms with Crippen LogP contribution in [0.1, 0.15) is 36.9 Å². The van der Waals surface area contributed by atoms with Gasteiger partial charge < -0.3 is 15.4 Å². The van der Waals surface area contributed by atoms with Crippen molar-refractivity contribution in [1.82, 2.24) is 10.2 Å². The van der Waals surface area contributed by atoms with E-state index in [0.717, 1.165) is 30.1 Å². The van der Waals surface area contributed by atoms with Crippen LogP contribution in [-0.4, -0.2) is 43.5 Å². The maximum Gasteiger partial charge on any atom is 0.224 e. The largest absolute Gasteiger partial charge is 0.497 e. The zero-order valence-electron chi connectivity index (χ0n) is 17.1. The molecule has 1 saturated heterocycles. The standard InChI is InChI=1S/C23H29N3O3/c1-17(27)25-20-9-5-18(6-10-20)15-23(28)24-16-22(26-13-3-4-14-26)19-7-11-21(29-2)12-8-19/h5-12,22H,3-4,13-16H2,1-2H3,(H,24,28)(H,25,27)/t22-/m1/s1. The van der Waals surface area contributed by atoms with Crippen LogP contribution in [0.15, 0.2) is 48.5 Å². The van der Waals surface area contributed by atoms with Crippen LogP contribution in [-0.2, 0) is 16.0 Å². The summed E-state index contributed by atoms with van der Waals surface area (Å²) in [5.74, 6) is 0.720. The molecule has 1 aliphatic heterocycles. The molecule has 29 heavy (non-hydrogen) atoms. The average Bonchev–Trinajstić information content (AvgIpc) is 3.24. The van der Waals surface area contributed by atoms with Crippen molar-refractivity contribution in [3.05, 3.63) is 59.7 Å². The number of anilines is 1. The van der Waals surface area contributed by atoms with E-state index in [2.05, 4.69) is 27.7 Å². The molecule has 3 rings (SSSR count). The third kappa shape index (κ3) is 6.06. The van der Waals surface area contributed by atoms with Gasteiger partial charge in [-0.2, -0.15) is 0 Å². The highest BCUT2D eigenvalue weighted by Crippen LogP contribution is 2.26. The number of nitrogens with zero attached hydrogens (tertiary/aromatic N) is 1. The van der Waals surface area contributed by atoms with Crippen molar-refractivity contribution < 1.29 is 14.3 Å². The molecule has 2 amide bonds. The van der Waals surface area contributed by atoms with E-state index < -0.39 is 0 Å². The monoisotopic (exact) mass is 395 g/mol. The summed E-state index contributed by atoms with van der Waals surface area (Å²) in [5.41, 5.74) is 2.83. The van der Waals surface area contributed by atoms with Crippen LogP contribution in [0.25, 0.3) is 0 Å². The maximum atomic E-state index is 12.5. The second-order valence-corrected chi connectivity index (χ2v) is 7.39. The number of benzene rings is 2. The highest BCUT2D eigenvalue weighted by molar-refractivity contribution is 5.88. The molecule has 2 aromatic rings. The van der Waals surface area contributed by atoms with Gasteiger partial charge >= 0.3 is 0 Å². The van der Waals surface area contributed by atoms with Crippen LogP contribution < -0.4 is 15.4 Å². The average molecular weight is 396 g/mol. The molecule has 2 aromatic carbocycles. The molecular weight excluding hydrogens is 366 g/mol. The van der Waals surface area contributed by atoms with Gasteiger partial charge in [0.1, 0.15) is 5.75 Å². The van der Waals surface area contributed by atoms with E-state index in [1.165, 1.54) is 25.3 Å². The highest BCUT2D eigenvalue weighted by Gasteiger charge is 2.24. The van der Waals surface area contributed by atoms with Crippen LogP contribution in [0.2, 0.25) is 0 Å². The quantitative estimate of drug-likeness (QED) is 0.720. The Labute approximate surface area is 172 Å². The van der Waals surface area contributed by atoms with Crippen molar-refractivity contribution in [1.29, 1.82) is 0 Å². The lowest BCUT2D eigenvalue weighted by Crippen LogP contribution is -2.37. The fourth-order valence-electron chi connectivity index (χ4n) is 3.70. The molecule has 0 bridgehead atoms. The summed E-state index contributed by atoms with van der Waals surface area (Å²) in [5, 5.41) is 5.83. The van der Waals surface area contributed by atoms with Gasteiger partial charge in [-0.05, 0) is 61.3 Å². The molecule has 154 valence electrons. The fourth-order valence-corrected chi connectivity index (χ4v) is 3.70. The molecule has 1 heterocycles. The second-order valence-electron chi connectivity index (χ2n) is 7.39. The number of likely N-dealkylation sites (tertiary alicyclic amines) is 1. The molecule has 0 spiro atoms. The van der Waals surface area contributed by atoms with Crippen LogP contribution in [0.3, 0.4) is 0 Å². The smallest absolute Gasteiger partial charge is 0.224 e. The Hall–Kier alpha value is -2.86. The normalized spacial score (nSPS) is 15.0. The number of amides is 2. The van der Waals surface area contributed by atoms with E-state index in [-0.39, 0.29) is 17.9 Å². The number of hydrogen-bond donors (Lipinski definition) is 2. The number of rotatable bonds is 8. The Kier molecular flexibility index (Phi) is 7.25. The van der Waals surface area contributed by atoms with Gasteiger partial charge in [0, 0.05) is 19.2 Å². The zero-order valence-corrected chi connectivity index (χ0v) is 17.1. The van der Waals surface area contributed by atoms with E-state index in [4.69, 9.17) is 4.74 Å². The first-order valence-corrected chi connectivity index (χ1v) is 10.1. The highest BCUT2D eigenvalue weighted by atomic mass is 16.5. The molecule has 1 atom stereocenters. The predicted octanol–water partition coefficient (Wildman–Crippen LogP) is 3.15. The van der Waals surface area contributed by atoms with Crippen molar-refractivity contribution in [2.24, 2.45) is 0 Å². The van der Waals surface area contributed by atoms with Crippen molar-refractivity contribution >= 4 is 17.5 Å². The van der Waals surface area contributed by atoms with Crippen molar-refractivity contribution in [3.8, 4) is 5.75 Å². The van der Waals surface area contributed by atoms with Crippen LogP contribution in [0.4, 0.5) is 5.69 Å². The Balaban J connectivity index is 1.59. The summed E-state index contributed by atoms with van der Waals surface area (Å²) in [6.45, 7) is 4.16. The SMILES string of the molecule is COc1ccc([C@@H](CNC(=O)Cc2ccc(NC(C)=O)cc2)N2CCCC2)cc1. The summed E-state index contributed by atoms with van der Waals surface area (Å²) in [7, 11) is 1.66. The summed E-state index contributed by atoms with van der Waals surface area (Å²) < 4.78 is 5.26. The molecule has 2 N–H and O–H groups in total. The number of carbonyl (C=O) groups is 2. The number of methoxy groups -OCH3 is 1. The van der Waals surface area contributed by atoms with Crippen LogP contribution in [0, 0.1) is 0 Å². The zero-order chi connectivity index (χ0) is 20.6. The van der Waals surface area contributed by atoms with E-state index in [0.29, 0.717) is 13.0 Å².